The average molecular weight is 489 g/mol. The van der Waals surface area contributed by atoms with E-state index in [1.165, 1.54) is 5.56 Å². The molecular weight excluding hydrogens is 460 g/mol. The molecule has 2 aliphatic rings. The molecule has 180 valence electrons. The summed E-state index contributed by atoms with van der Waals surface area (Å²) in [6, 6.07) is 24.3. The van der Waals surface area contributed by atoms with Crippen molar-refractivity contribution in [1.82, 2.24) is 4.90 Å². The molecule has 5 nitrogen and oxygen atoms in total. The Morgan fingerprint density at radius 2 is 1.57 bits per heavy atom. The van der Waals surface area contributed by atoms with E-state index in [4.69, 9.17) is 11.6 Å². The predicted octanol–water partition coefficient (Wildman–Crippen LogP) is 5.37. The van der Waals surface area contributed by atoms with Crippen LogP contribution in [-0.2, 0) is 16.0 Å². The van der Waals surface area contributed by atoms with Gasteiger partial charge in [-0.1, -0.05) is 72.3 Å². The van der Waals surface area contributed by atoms with Crippen molar-refractivity contribution < 1.29 is 14.7 Å². The predicted molar refractivity (Wildman–Crippen MR) is 138 cm³/mol. The average Bonchev–Trinajstić information content (AvgIpc) is 3.21. The molecule has 35 heavy (non-hydrogen) atoms. The highest BCUT2D eigenvalue weighted by Gasteiger charge is 2.44. The van der Waals surface area contributed by atoms with Crippen molar-refractivity contribution in [2.45, 2.75) is 43.7 Å². The molecule has 2 aliphatic heterocycles. The molecule has 0 aromatic heterocycles. The highest BCUT2D eigenvalue weighted by Crippen LogP contribution is 2.36. The number of fused-ring (bicyclic) bond motifs is 1. The molecule has 0 spiro atoms. The van der Waals surface area contributed by atoms with Crippen molar-refractivity contribution in [3.8, 4) is 0 Å². The van der Waals surface area contributed by atoms with Crippen molar-refractivity contribution in [1.29, 1.82) is 0 Å². The minimum Gasteiger partial charge on any atom is -0.480 e. The standard InChI is InChI=1S/C29H29ClN2O3/c30-23-14-15-25-22(17-23)13-7-8-16-31(25)24-18-26(29(34)35)32(19-24)28(33)27(20-9-3-1-4-10-20)21-11-5-2-6-12-21/h1-6,9-12,14-15,17,24,26-27H,7-8,13,16,18-19H2,(H,34,35)/t24-,26-/m0/s1. The first-order valence-electron chi connectivity index (χ1n) is 12.2. The second-order valence-electron chi connectivity index (χ2n) is 9.41. The molecule has 2 atom stereocenters. The number of carboxylic acids is 1. The molecule has 0 saturated carbocycles. The molecule has 0 unspecified atom stereocenters. The van der Waals surface area contributed by atoms with Crippen molar-refractivity contribution in [2.24, 2.45) is 0 Å². The van der Waals surface area contributed by atoms with Gasteiger partial charge in [0.25, 0.3) is 0 Å². The maximum atomic E-state index is 14.1. The second kappa shape index (κ2) is 10.1. The lowest BCUT2D eigenvalue weighted by Crippen LogP contribution is -2.44. The number of carboxylic acid groups (broad SMARTS) is 1. The number of benzene rings is 3. The number of likely N-dealkylation sites (tertiary alicyclic amines) is 1. The van der Waals surface area contributed by atoms with Crippen LogP contribution in [0.3, 0.4) is 0 Å². The Balaban J connectivity index is 1.49. The lowest BCUT2D eigenvalue weighted by Gasteiger charge is -2.32. The first-order chi connectivity index (χ1) is 17.0. The van der Waals surface area contributed by atoms with Crippen LogP contribution in [0.15, 0.2) is 78.9 Å². The summed E-state index contributed by atoms with van der Waals surface area (Å²) >= 11 is 6.27. The van der Waals surface area contributed by atoms with Crippen molar-refractivity contribution in [2.75, 3.05) is 18.0 Å². The van der Waals surface area contributed by atoms with Gasteiger partial charge in [0, 0.05) is 36.3 Å². The fourth-order valence-corrected chi connectivity index (χ4v) is 5.78. The first-order valence-corrected chi connectivity index (χ1v) is 12.6. The fraction of sp³-hybridized carbons (Fsp3) is 0.310. The number of hydrogen-bond donors (Lipinski definition) is 1. The summed E-state index contributed by atoms with van der Waals surface area (Å²) in [5, 5.41) is 10.8. The Morgan fingerprint density at radius 3 is 2.20 bits per heavy atom. The number of rotatable bonds is 5. The first kappa shape index (κ1) is 23.4. The van der Waals surface area contributed by atoms with Crippen LogP contribution in [0.1, 0.15) is 41.9 Å². The molecule has 3 aromatic carbocycles. The topological polar surface area (TPSA) is 60.9 Å². The van der Waals surface area contributed by atoms with Crippen LogP contribution in [0.25, 0.3) is 0 Å². The lowest BCUT2D eigenvalue weighted by atomic mass is 9.90. The SMILES string of the molecule is O=C(O)[C@@H]1C[C@H](N2CCCCc3cc(Cl)ccc32)CN1C(=O)C(c1ccccc1)c1ccccc1. The van der Waals surface area contributed by atoms with E-state index in [2.05, 4.69) is 4.90 Å². The van der Waals surface area contributed by atoms with E-state index in [9.17, 15) is 14.7 Å². The molecule has 6 heteroatoms. The third-order valence-corrected chi connectivity index (χ3v) is 7.48. The van der Waals surface area contributed by atoms with E-state index in [-0.39, 0.29) is 11.9 Å². The van der Waals surface area contributed by atoms with Crippen molar-refractivity contribution in [3.63, 3.8) is 0 Å². The van der Waals surface area contributed by atoms with Crippen molar-refractivity contribution >= 4 is 29.2 Å². The molecule has 0 aliphatic carbocycles. The molecule has 1 fully saturated rings. The quantitative estimate of drug-likeness (QED) is 0.524. The Kier molecular flexibility index (Phi) is 6.78. The number of carbonyl (C=O) groups is 2. The van der Waals surface area contributed by atoms with E-state index in [0.717, 1.165) is 42.6 Å². The number of aliphatic carboxylic acids is 1. The minimum absolute atomic E-state index is 0.0646. The van der Waals surface area contributed by atoms with E-state index in [0.29, 0.717) is 18.0 Å². The van der Waals surface area contributed by atoms with Gasteiger partial charge in [-0.2, -0.15) is 0 Å². The van der Waals surface area contributed by atoms with E-state index < -0.39 is 17.9 Å². The highest BCUT2D eigenvalue weighted by atomic mass is 35.5. The Labute approximate surface area is 210 Å². The zero-order chi connectivity index (χ0) is 24.4. The van der Waals surface area contributed by atoms with Crippen molar-refractivity contribution in [3.05, 3.63) is 101 Å². The zero-order valence-corrected chi connectivity index (χ0v) is 20.3. The van der Waals surface area contributed by atoms with Gasteiger partial charge in [-0.25, -0.2) is 4.79 Å². The van der Waals surface area contributed by atoms with Gasteiger partial charge in [0.1, 0.15) is 6.04 Å². The number of hydrogen-bond acceptors (Lipinski definition) is 3. The molecule has 0 radical (unpaired) electrons. The van der Waals surface area contributed by atoms with Gasteiger partial charge in [0.15, 0.2) is 0 Å². The summed E-state index contributed by atoms with van der Waals surface area (Å²) < 4.78 is 0. The van der Waals surface area contributed by atoms with Gasteiger partial charge < -0.3 is 14.9 Å². The molecule has 2 heterocycles. The number of carbonyl (C=O) groups excluding carboxylic acids is 1. The number of aryl methyl sites for hydroxylation is 1. The summed E-state index contributed by atoms with van der Waals surface area (Å²) in [5.74, 6) is -1.66. The molecule has 5 rings (SSSR count). The lowest BCUT2D eigenvalue weighted by molar-refractivity contribution is -0.148. The molecule has 3 aromatic rings. The van der Waals surface area contributed by atoms with Crippen LogP contribution < -0.4 is 4.90 Å². The number of halogens is 1. The maximum absolute atomic E-state index is 14.1. The smallest absolute Gasteiger partial charge is 0.326 e. The molecule has 0 bridgehead atoms. The summed E-state index contributed by atoms with van der Waals surface area (Å²) in [6.45, 7) is 1.22. The van der Waals surface area contributed by atoms with Crippen LogP contribution in [0.5, 0.6) is 0 Å². The van der Waals surface area contributed by atoms with E-state index in [1.54, 1.807) is 4.90 Å². The molecule has 1 saturated heterocycles. The normalized spacial score (nSPS) is 19.9. The fourth-order valence-electron chi connectivity index (χ4n) is 5.58. The maximum Gasteiger partial charge on any atom is 0.326 e. The third-order valence-electron chi connectivity index (χ3n) is 7.25. The van der Waals surface area contributed by atoms with Crippen LogP contribution in [0, 0.1) is 0 Å². The van der Waals surface area contributed by atoms with Gasteiger partial charge >= 0.3 is 5.97 Å². The van der Waals surface area contributed by atoms with Gasteiger partial charge in [-0.3, -0.25) is 4.79 Å². The number of amides is 1. The molecule has 1 amide bonds. The molecule has 1 N–H and O–H groups in total. The number of anilines is 1. The monoisotopic (exact) mass is 488 g/mol. The van der Waals surface area contributed by atoms with Gasteiger partial charge in [-0.15, -0.1) is 0 Å². The van der Waals surface area contributed by atoms with Crippen LogP contribution >= 0.6 is 11.6 Å². The van der Waals surface area contributed by atoms with Gasteiger partial charge in [0.2, 0.25) is 5.91 Å². The van der Waals surface area contributed by atoms with Gasteiger partial charge in [0.05, 0.1) is 5.92 Å². The zero-order valence-electron chi connectivity index (χ0n) is 19.5. The summed E-state index contributed by atoms with van der Waals surface area (Å²) in [6.07, 6.45) is 3.43. The van der Waals surface area contributed by atoms with E-state index in [1.807, 2.05) is 78.9 Å². The van der Waals surface area contributed by atoms with E-state index >= 15 is 0 Å². The summed E-state index contributed by atoms with van der Waals surface area (Å²) in [7, 11) is 0. The van der Waals surface area contributed by atoms with Crippen LogP contribution in [-0.4, -0.2) is 47.1 Å². The van der Waals surface area contributed by atoms with Crippen LogP contribution in [0.4, 0.5) is 5.69 Å². The Bertz CT molecular complexity index is 1160. The van der Waals surface area contributed by atoms with Gasteiger partial charge in [-0.05, 0) is 54.2 Å². The summed E-state index contributed by atoms with van der Waals surface area (Å²) in [4.78, 5) is 30.3. The second-order valence-corrected chi connectivity index (χ2v) is 9.85. The van der Waals surface area contributed by atoms with Crippen LogP contribution in [0.2, 0.25) is 5.02 Å². The Morgan fingerprint density at radius 1 is 0.914 bits per heavy atom. The summed E-state index contributed by atoms with van der Waals surface area (Å²) in [5.41, 5.74) is 4.04. The third kappa shape index (κ3) is 4.78. The largest absolute Gasteiger partial charge is 0.480 e. The minimum atomic E-state index is -0.952. The highest BCUT2D eigenvalue weighted by molar-refractivity contribution is 6.30. The molecular formula is C29H29ClN2O3. The number of nitrogens with zero attached hydrogens (tertiary/aromatic N) is 2. The Hall–Kier alpha value is -3.31.